The maximum absolute atomic E-state index is 11.9. The fourth-order valence-electron chi connectivity index (χ4n) is 2.89. The zero-order valence-electron chi connectivity index (χ0n) is 14.1. The summed E-state index contributed by atoms with van der Waals surface area (Å²) in [7, 11) is 1.43. The second kappa shape index (κ2) is 7.35. The van der Waals surface area contributed by atoms with E-state index >= 15 is 0 Å². The van der Waals surface area contributed by atoms with Gasteiger partial charge < -0.3 is 9.47 Å². The van der Waals surface area contributed by atoms with Gasteiger partial charge in [-0.05, 0) is 54.5 Å². The van der Waals surface area contributed by atoms with Crippen LogP contribution in [0.5, 0.6) is 5.75 Å². The van der Waals surface area contributed by atoms with Gasteiger partial charge in [0.25, 0.3) is 0 Å². The summed E-state index contributed by atoms with van der Waals surface area (Å²) in [5.74, 6) is 1.01. The summed E-state index contributed by atoms with van der Waals surface area (Å²) in [6.07, 6.45) is 2.25. The van der Waals surface area contributed by atoms with E-state index in [0.29, 0.717) is 18.1 Å². The zero-order chi connectivity index (χ0) is 16.9. The molecule has 0 aromatic heterocycles. The van der Waals surface area contributed by atoms with Crippen LogP contribution in [-0.2, 0) is 16.1 Å². The lowest BCUT2D eigenvalue weighted by atomic mass is 9.96. The molecule has 0 radical (unpaired) electrons. The molecule has 2 aromatic carbocycles. The van der Waals surface area contributed by atoms with Gasteiger partial charge in [0.05, 0.1) is 7.11 Å². The second-order valence-corrected chi connectivity index (χ2v) is 6.11. The van der Waals surface area contributed by atoms with Gasteiger partial charge in [-0.2, -0.15) is 0 Å². The van der Waals surface area contributed by atoms with Gasteiger partial charge in [-0.15, -0.1) is 0 Å². The molecule has 1 saturated carbocycles. The standard InChI is InChI=1S/C21H22O3/c1-15(21(22)23-2)20(17-11-12-17)18-9-6-10-19(13-18)24-14-16-7-4-3-5-8-16/h3-10,13,17H,11-12,14H2,1-2H3/b20-15-. The van der Waals surface area contributed by atoms with E-state index in [1.807, 2.05) is 61.5 Å². The van der Waals surface area contributed by atoms with Crippen LogP contribution in [0, 0.1) is 5.92 Å². The third-order valence-corrected chi connectivity index (χ3v) is 4.27. The van der Waals surface area contributed by atoms with E-state index in [9.17, 15) is 4.79 Å². The molecule has 0 N–H and O–H groups in total. The quantitative estimate of drug-likeness (QED) is 0.575. The maximum Gasteiger partial charge on any atom is 0.333 e. The minimum absolute atomic E-state index is 0.257. The van der Waals surface area contributed by atoms with Crippen molar-refractivity contribution in [1.82, 2.24) is 0 Å². The molecule has 0 spiro atoms. The van der Waals surface area contributed by atoms with Crippen LogP contribution in [0.3, 0.4) is 0 Å². The Kier molecular flexibility index (Phi) is 4.99. The van der Waals surface area contributed by atoms with Crippen molar-refractivity contribution in [2.24, 2.45) is 5.92 Å². The average molecular weight is 322 g/mol. The highest BCUT2D eigenvalue weighted by atomic mass is 16.5. The molecule has 0 unspecified atom stereocenters. The van der Waals surface area contributed by atoms with Gasteiger partial charge in [0.15, 0.2) is 0 Å². The van der Waals surface area contributed by atoms with Gasteiger partial charge in [-0.3, -0.25) is 0 Å². The summed E-state index contributed by atoms with van der Waals surface area (Å²) in [5, 5.41) is 0. The van der Waals surface area contributed by atoms with Crippen molar-refractivity contribution >= 4 is 11.5 Å². The summed E-state index contributed by atoms with van der Waals surface area (Å²) in [5.41, 5.74) is 3.96. The summed E-state index contributed by atoms with van der Waals surface area (Å²) in [6.45, 7) is 2.37. The molecule has 24 heavy (non-hydrogen) atoms. The van der Waals surface area contributed by atoms with Crippen LogP contribution in [0.1, 0.15) is 30.9 Å². The number of ether oxygens (including phenoxy) is 2. The Morgan fingerprint density at radius 2 is 1.83 bits per heavy atom. The first kappa shape index (κ1) is 16.3. The number of esters is 1. The number of rotatable bonds is 6. The van der Waals surface area contributed by atoms with Crippen molar-refractivity contribution in [3.63, 3.8) is 0 Å². The molecular formula is C21H22O3. The number of hydrogen-bond donors (Lipinski definition) is 0. The predicted octanol–water partition coefficient (Wildman–Crippen LogP) is 4.62. The molecule has 124 valence electrons. The van der Waals surface area contributed by atoms with Crippen LogP contribution in [-0.4, -0.2) is 13.1 Å². The van der Waals surface area contributed by atoms with Crippen LogP contribution in [0.2, 0.25) is 0 Å². The Labute approximate surface area is 142 Å². The topological polar surface area (TPSA) is 35.5 Å². The smallest absolute Gasteiger partial charge is 0.333 e. The Morgan fingerprint density at radius 3 is 2.50 bits per heavy atom. The van der Waals surface area contributed by atoms with E-state index in [1.54, 1.807) is 0 Å². The minimum Gasteiger partial charge on any atom is -0.489 e. The van der Waals surface area contributed by atoms with Crippen molar-refractivity contribution in [2.75, 3.05) is 7.11 Å². The van der Waals surface area contributed by atoms with Crippen LogP contribution in [0.25, 0.3) is 5.57 Å². The summed E-state index contributed by atoms with van der Waals surface area (Å²) in [4.78, 5) is 11.9. The number of carbonyl (C=O) groups is 1. The molecule has 0 atom stereocenters. The molecule has 1 aliphatic rings. The van der Waals surface area contributed by atoms with Crippen LogP contribution >= 0.6 is 0 Å². The molecule has 1 fully saturated rings. The highest BCUT2D eigenvalue weighted by molar-refractivity contribution is 5.98. The summed E-state index contributed by atoms with van der Waals surface area (Å²) >= 11 is 0. The fraction of sp³-hybridized carbons (Fsp3) is 0.286. The molecule has 0 bridgehead atoms. The first-order chi connectivity index (χ1) is 11.7. The Bertz CT molecular complexity index is 743. The minimum atomic E-state index is -0.257. The van der Waals surface area contributed by atoms with Gasteiger partial charge in [-0.1, -0.05) is 42.5 Å². The van der Waals surface area contributed by atoms with Gasteiger partial charge in [0.1, 0.15) is 12.4 Å². The van der Waals surface area contributed by atoms with E-state index in [1.165, 1.54) is 7.11 Å². The first-order valence-electron chi connectivity index (χ1n) is 8.25. The average Bonchev–Trinajstić information content (AvgIpc) is 3.45. The normalized spacial score (nSPS) is 14.8. The third-order valence-electron chi connectivity index (χ3n) is 4.27. The monoisotopic (exact) mass is 322 g/mol. The number of hydrogen-bond acceptors (Lipinski definition) is 3. The largest absolute Gasteiger partial charge is 0.489 e. The van der Waals surface area contributed by atoms with Crippen molar-refractivity contribution in [3.05, 3.63) is 71.3 Å². The lowest BCUT2D eigenvalue weighted by Crippen LogP contribution is -2.06. The molecular weight excluding hydrogens is 300 g/mol. The molecule has 0 aliphatic heterocycles. The number of allylic oxidation sites excluding steroid dienone is 1. The van der Waals surface area contributed by atoms with Crippen molar-refractivity contribution in [1.29, 1.82) is 0 Å². The lowest BCUT2D eigenvalue weighted by Gasteiger charge is -2.13. The van der Waals surface area contributed by atoms with Gasteiger partial charge in [0, 0.05) is 5.57 Å². The van der Waals surface area contributed by atoms with E-state index < -0.39 is 0 Å². The highest BCUT2D eigenvalue weighted by Crippen LogP contribution is 2.44. The van der Waals surface area contributed by atoms with Crippen molar-refractivity contribution in [2.45, 2.75) is 26.4 Å². The second-order valence-electron chi connectivity index (χ2n) is 6.11. The van der Waals surface area contributed by atoms with Crippen molar-refractivity contribution < 1.29 is 14.3 Å². The number of carbonyl (C=O) groups excluding carboxylic acids is 1. The Hall–Kier alpha value is -2.55. The SMILES string of the molecule is COC(=O)/C(C)=C(\c1cccc(OCc2ccccc2)c1)C1CC1. The maximum atomic E-state index is 11.9. The Morgan fingerprint density at radius 1 is 1.08 bits per heavy atom. The third kappa shape index (κ3) is 3.85. The van der Waals surface area contributed by atoms with E-state index in [2.05, 4.69) is 0 Å². The molecule has 3 rings (SSSR count). The van der Waals surface area contributed by atoms with Crippen LogP contribution in [0.4, 0.5) is 0 Å². The lowest BCUT2D eigenvalue weighted by molar-refractivity contribution is -0.135. The van der Waals surface area contributed by atoms with Gasteiger partial charge in [0.2, 0.25) is 0 Å². The molecule has 0 amide bonds. The first-order valence-corrected chi connectivity index (χ1v) is 8.25. The number of methoxy groups -OCH3 is 1. The van der Waals surface area contributed by atoms with Gasteiger partial charge >= 0.3 is 5.97 Å². The van der Waals surface area contributed by atoms with E-state index in [0.717, 1.165) is 35.3 Å². The molecule has 3 heteroatoms. The highest BCUT2D eigenvalue weighted by Gasteiger charge is 2.30. The molecule has 0 heterocycles. The van der Waals surface area contributed by atoms with E-state index in [4.69, 9.17) is 9.47 Å². The Balaban J connectivity index is 1.82. The summed E-state index contributed by atoms with van der Waals surface area (Å²) in [6, 6.07) is 18.1. The molecule has 1 aliphatic carbocycles. The summed E-state index contributed by atoms with van der Waals surface area (Å²) < 4.78 is 10.8. The van der Waals surface area contributed by atoms with Crippen LogP contribution < -0.4 is 4.74 Å². The molecule has 2 aromatic rings. The predicted molar refractivity (Wildman–Crippen MR) is 94.6 cm³/mol. The zero-order valence-corrected chi connectivity index (χ0v) is 14.1. The van der Waals surface area contributed by atoms with Crippen LogP contribution in [0.15, 0.2) is 60.2 Å². The fourth-order valence-corrected chi connectivity index (χ4v) is 2.89. The van der Waals surface area contributed by atoms with Gasteiger partial charge in [-0.25, -0.2) is 4.79 Å². The van der Waals surface area contributed by atoms with Crippen molar-refractivity contribution in [3.8, 4) is 5.75 Å². The molecule has 0 saturated heterocycles. The molecule has 3 nitrogen and oxygen atoms in total. The van der Waals surface area contributed by atoms with E-state index in [-0.39, 0.29) is 5.97 Å². The number of benzene rings is 2.